The Bertz CT molecular complexity index is 485. The van der Waals surface area contributed by atoms with Crippen molar-refractivity contribution in [2.75, 3.05) is 0 Å². The standard InChI is InChI=1S/C13H10FNO2/c14-11-5-1-9(2-6-11)13(15-17)10-3-7-12(16)8-4-10/h1-8,16-17H/b15-13-. The minimum atomic E-state index is -0.350. The molecule has 0 radical (unpaired) electrons. The lowest BCUT2D eigenvalue weighted by Gasteiger charge is -2.04. The van der Waals surface area contributed by atoms with Crippen LogP contribution in [0, 0.1) is 5.82 Å². The quantitative estimate of drug-likeness (QED) is 0.474. The van der Waals surface area contributed by atoms with Crippen LogP contribution in [0.1, 0.15) is 11.1 Å². The summed E-state index contributed by atoms with van der Waals surface area (Å²) in [5.74, 6) is -0.220. The van der Waals surface area contributed by atoms with Crippen LogP contribution in [0.15, 0.2) is 53.7 Å². The average Bonchev–Trinajstić information content (AvgIpc) is 2.35. The SMILES string of the molecule is O/N=C(\c1ccc(O)cc1)c1ccc(F)cc1. The van der Waals surface area contributed by atoms with Crippen LogP contribution >= 0.6 is 0 Å². The van der Waals surface area contributed by atoms with E-state index in [0.717, 1.165) is 0 Å². The molecule has 0 aliphatic rings. The lowest BCUT2D eigenvalue weighted by Crippen LogP contribution is -2.03. The molecule has 2 aromatic rings. The average molecular weight is 231 g/mol. The molecule has 0 aliphatic heterocycles. The van der Waals surface area contributed by atoms with Crippen molar-refractivity contribution in [2.24, 2.45) is 5.16 Å². The fourth-order valence-corrected chi connectivity index (χ4v) is 1.51. The molecule has 0 spiro atoms. The van der Waals surface area contributed by atoms with Crippen LogP contribution in [0.3, 0.4) is 0 Å². The smallest absolute Gasteiger partial charge is 0.123 e. The van der Waals surface area contributed by atoms with Crippen molar-refractivity contribution >= 4 is 5.71 Å². The van der Waals surface area contributed by atoms with Gasteiger partial charge in [0.15, 0.2) is 0 Å². The number of oxime groups is 1. The van der Waals surface area contributed by atoms with Gasteiger partial charge in [0.25, 0.3) is 0 Å². The summed E-state index contributed by atoms with van der Waals surface area (Å²) in [6.07, 6.45) is 0. The second-order valence-corrected chi connectivity index (χ2v) is 3.50. The number of hydrogen-bond acceptors (Lipinski definition) is 3. The summed E-state index contributed by atoms with van der Waals surface area (Å²) < 4.78 is 12.8. The van der Waals surface area contributed by atoms with E-state index in [4.69, 9.17) is 10.3 Å². The zero-order valence-corrected chi connectivity index (χ0v) is 8.84. The van der Waals surface area contributed by atoms with Crippen molar-refractivity contribution in [1.82, 2.24) is 0 Å². The van der Waals surface area contributed by atoms with Crippen LogP contribution in [0.5, 0.6) is 5.75 Å². The van der Waals surface area contributed by atoms with Gasteiger partial charge in [0.05, 0.1) is 0 Å². The number of rotatable bonds is 2. The van der Waals surface area contributed by atoms with Crippen LogP contribution < -0.4 is 0 Å². The van der Waals surface area contributed by atoms with Gasteiger partial charge in [-0.25, -0.2) is 4.39 Å². The first-order chi connectivity index (χ1) is 8.20. The molecule has 2 rings (SSSR count). The molecule has 2 N–H and O–H groups in total. The Morgan fingerprint density at radius 1 is 0.882 bits per heavy atom. The van der Waals surface area contributed by atoms with Gasteiger partial charge in [-0.2, -0.15) is 0 Å². The molecule has 0 aliphatic carbocycles. The Balaban J connectivity index is 2.41. The van der Waals surface area contributed by atoms with Gasteiger partial charge in [-0.15, -0.1) is 0 Å². The van der Waals surface area contributed by atoms with Crippen molar-refractivity contribution in [1.29, 1.82) is 0 Å². The molecule has 3 nitrogen and oxygen atoms in total. The fraction of sp³-hybridized carbons (Fsp3) is 0. The maximum atomic E-state index is 12.8. The third kappa shape index (κ3) is 2.42. The molecule has 0 saturated carbocycles. The highest BCUT2D eigenvalue weighted by Gasteiger charge is 2.07. The number of nitrogens with zero attached hydrogens (tertiary/aromatic N) is 1. The zero-order valence-electron chi connectivity index (χ0n) is 8.84. The van der Waals surface area contributed by atoms with Crippen LogP contribution in [-0.2, 0) is 0 Å². The number of phenolic OH excluding ortho intramolecular Hbond substituents is 1. The van der Waals surface area contributed by atoms with Gasteiger partial charge in [-0.3, -0.25) is 0 Å². The first-order valence-electron chi connectivity index (χ1n) is 4.98. The highest BCUT2D eigenvalue weighted by Crippen LogP contribution is 2.15. The molecule has 4 heteroatoms. The minimum Gasteiger partial charge on any atom is -0.508 e. The Hall–Kier alpha value is -2.36. The first-order valence-corrected chi connectivity index (χ1v) is 4.98. The molecule has 0 saturated heterocycles. The monoisotopic (exact) mass is 231 g/mol. The van der Waals surface area contributed by atoms with Crippen LogP contribution in [0.4, 0.5) is 4.39 Å². The first kappa shape index (κ1) is 11.1. The summed E-state index contributed by atoms with van der Waals surface area (Å²) in [4.78, 5) is 0. The molecule has 0 unspecified atom stereocenters. The Morgan fingerprint density at radius 2 is 1.35 bits per heavy atom. The number of phenols is 1. The van der Waals surface area contributed by atoms with E-state index < -0.39 is 0 Å². The van der Waals surface area contributed by atoms with Crippen LogP contribution in [0.25, 0.3) is 0 Å². The van der Waals surface area contributed by atoms with Gasteiger partial charge in [0.2, 0.25) is 0 Å². The van der Waals surface area contributed by atoms with Gasteiger partial charge in [0, 0.05) is 11.1 Å². The van der Waals surface area contributed by atoms with E-state index in [1.54, 1.807) is 12.1 Å². The summed E-state index contributed by atoms with van der Waals surface area (Å²) in [6.45, 7) is 0. The predicted octanol–water partition coefficient (Wildman–Crippen LogP) is 2.76. The van der Waals surface area contributed by atoms with Crippen molar-refractivity contribution in [2.45, 2.75) is 0 Å². The van der Waals surface area contributed by atoms with Crippen molar-refractivity contribution < 1.29 is 14.7 Å². The van der Waals surface area contributed by atoms with Crippen molar-refractivity contribution in [3.8, 4) is 5.75 Å². The highest BCUT2D eigenvalue weighted by atomic mass is 19.1. The Kier molecular flexibility index (Phi) is 3.05. The van der Waals surface area contributed by atoms with Crippen molar-refractivity contribution in [3.63, 3.8) is 0 Å². The van der Waals surface area contributed by atoms with E-state index in [1.807, 2.05) is 0 Å². The largest absolute Gasteiger partial charge is 0.508 e. The van der Waals surface area contributed by atoms with E-state index in [0.29, 0.717) is 16.8 Å². The lowest BCUT2D eigenvalue weighted by atomic mass is 10.0. The predicted molar refractivity (Wildman–Crippen MR) is 61.9 cm³/mol. The van der Waals surface area contributed by atoms with Gasteiger partial charge < -0.3 is 10.3 Å². The highest BCUT2D eigenvalue weighted by molar-refractivity contribution is 6.12. The minimum absolute atomic E-state index is 0.130. The zero-order chi connectivity index (χ0) is 12.3. The molecular formula is C13H10FNO2. The molecule has 0 fully saturated rings. The number of benzene rings is 2. The van der Waals surface area contributed by atoms with E-state index in [1.165, 1.54) is 36.4 Å². The van der Waals surface area contributed by atoms with E-state index in [-0.39, 0.29) is 11.6 Å². The van der Waals surface area contributed by atoms with Gasteiger partial charge in [0.1, 0.15) is 17.3 Å². The van der Waals surface area contributed by atoms with Crippen molar-refractivity contribution in [3.05, 3.63) is 65.5 Å². The summed E-state index contributed by atoms with van der Waals surface area (Å²) >= 11 is 0. The Labute approximate surface area is 97.5 Å². The normalized spacial score (nSPS) is 11.5. The molecule has 0 heterocycles. The molecule has 17 heavy (non-hydrogen) atoms. The molecule has 86 valence electrons. The number of aromatic hydroxyl groups is 1. The lowest BCUT2D eigenvalue weighted by molar-refractivity contribution is 0.319. The molecule has 0 aromatic heterocycles. The van der Waals surface area contributed by atoms with Gasteiger partial charge >= 0.3 is 0 Å². The number of halogens is 1. The molecule has 2 aromatic carbocycles. The third-order valence-corrected chi connectivity index (χ3v) is 2.36. The summed E-state index contributed by atoms with van der Waals surface area (Å²) in [6, 6.07) is 11.9. The topological polar surface area (TPSA) is 52.8 Å². The molecule has 0 amide bonds. The van der Waals surface area contributed by atoms with E-state index in [2.05, 4.69) is 5.16 Å². The fourth-order valence-electron chi connectivity index (χ4n) is 1.51. The maximum absolute atomic E-state index is 12.8. The Morgan fingerprint density at radius 3 is 1.82 bits per heavy atom. The molecule has 0 atom stereocenters. The second kappa shape index (κ2) is 4.65. The van der Waals surface area contributed by atoms with Gasteiger partial charge in [-0.05, 0) is 48.5 Å². The summed E-state index contributed by atoms with van der Waals surface area (Å²) in [7, 11) is 0. The van der Waals surface area contributed by atoms with Gasteiger partial charge in [-0.1, -0.05) is 5.16 Å². The van der Waals surface area contributed by atoms with E-state index in [9.17, 15) is 4.39 Å². The molecule has 0 bridgehead atoms. The maximum Gasteiger partial charge on any atom is 0.123 e. The molecular weight excluding hydrogens is 221 g/mol. The number of hydrogen-bond donors (Lipinski definition) is 2. The third-order valence-electron chi connectivity index (χ3n) is 2.36. The summed E-state index contributed by atoms with van der Waals surface area (Å²) in [5.41, 5.74) is 1.56. The summed E-state index contributed by atoms with van der Waals surface area (Å²) in [5, 5.41) is 21.4. The van der Waals surface area contributed by atoms with E-state index >= 15 is 0 Å². The van der Waals surface area contributed by atoms with Crippen LogP contribution in [-0.4, -0.2) is 16.0 Å². The van der Waals surface area contributed by atoms with Crippen LogP contribution in [0.2, 0.25) is 0 Å². The second-order valence-electron chi connectivity index (χ2n) is 3.50.